The fraction of sp³-hybridized carbons (Fsp3) is 0.630. The van der Waals surface area contributed by atoms with Crippen molar-refractivity contribution in [2.45, 2.75) is 64.0 Å². The lowest BCUT2D eigenvalue weighted by molar-refractivity contribution is -0.137. The van der Waals surface area contributed by atoms with Crippen molar-refractivity contribution in [2.75, 3.05) is 26.7 Å². The number of alkyl halides is 1. The van der Waals surface area contributed by atoms with Crippen LogP contribution in [0.3, 0.4) is 0 Å². The fourth-order valence-corrected chi connectivity index (χ4v) is 5.96. The normalized spacial score (nSPS) is 23.1. The molecule has 1 aliphatic carbocycles. The molecule has 2 fully saturated rings. The van der Waals surface area contributed by atoms with E-state index >= 15 is 4.39 Å². The zero-order valence-electron chi connectivity index (χ0n) is 19.7. The first kappa shape index (κ1) is 23.9. The second kappa shape index (κ2) is 11.3. The molecule has 0 unspecified atom stereocenters. The number of hydrogen-bond acceptors (Lipinski definition) is 4. The van der Waals surface area contributed by atoms with Gasteiger partial charge in [0.2, 0.25) is 0 Å². The number of aromatic nitrogens is 1. The number of halogens is 1. The highest BCUT2D eigenvalue weighted by Gasteiger charge is 2.31. The van der Waals surface area contributed by atoms with E-state index in [1.807, 2.05) is 18.2 Å². The number of rotatable bonds is 10. The molecule has 2 aliphatic rings. The number of pyridine rings is 1. The van der Waals surface area contributed by atoms with Crippen LogP contribution in [0, 0.1) is 17.8 Å². The Morgan fingerprint density at radius 3 is 2.79 bits per heavy atom. The minimum atomic E-state index is -1.07. The molecule has 2 heterocycles. The van der Waals surface area contributed by atoms with Gasteiger partial charge in [0.25, 0.3) is 0 Å². The number of fused-ring (bicyclic) bond motifs is 1. The molecule has 33 heavy (non-hydrogen) atoms. The van der Waals surface area contributed by atoms with Crippen molar-refractivity contribution in [1.82, 2.24) is 9.88 Å². The van der Waals surface area contributed by atoms with E-state index in [0.717, 1.165) is 49.3 Å². The lowest BCUT2D eigenvalue weighted by Crippen LogP contribution is -2.42. The van der Waals surface area contributed by atoms with Gasteiger partial charge in [-0.25, -0.2) is 4.39 Å². The van der Waals surface area contributed by atoms with Gasteiger partial charge in [-0.3, -0.25) is 9.78 Å². The van der Waals surface area contributed by atoms with Gasteiger partial charge in [-0.2, -0.15) is 0 Å². The van der Waals surface area contributed by atoms with Gasteiger partial charge < -0.3 is 14.7 Å². The zero-order chi connectivity index (χ0) is 23.2. The third-order valence-electron chi connectivity index (χ3n) is 7.81. The molecule has 6 heteroatoms. The maximum Gasteiger partial charge on any atom is 0.303 e. The quantitative estimate of drug-likeness (QED) is 0.473. The molecule has 1 N–H and O–H groups in total. The van der Waals surface area contributed by atoms with Crippen LogP contribution < -0.4 is 4.74 Å². The predicted molar refractivity (Wildman–Crippen MR) is 128 cm³/mol. The second-order valence-corrected chi connectivity index (χ2v) is 9.98. The maximum absolute atomic E-state index is 15.5. The van der Waals surface area contributed by atoms with Gasteiger partial charge in [0.15, 0.2) is 0 Å². The summed E-state index contributed by atoms with van der Waals surface area (Å²) in [4.78, 5) is 18.2. The largest absolute Gasteiger partial charge is 0.497 e. The molecule has 0 spiro atoms. The summed E-state index contributed by atoms with van der Waals surface area (Å²) in [6, 6.07) is 7.35. The molecule has 5 nitrogen and oxygen atoms in total. The molecule has 1 saturated carbocycles. The number of carboxylic acid groups (broad SMARTS) is 1. The second-order valence-electron chi connectivity index (χ2n) is 9.98. The minimum absolute atomic E-state index is 0.201. The van der Waals surface area contributed by atoms with E-state index in [0.29, 0.717) is 36.0 Å². The number of benzene rings is 1. The lowest BCUT2D eigenvalue weighted by atomic mass is 9.78. The van der Waals surface area contributed by atoms with Gasteiger partial charge in [0.1, 0.15) is 11.9 Å². The fourth-order valence-electron chi connectivity index (χ4n) is 5.96. The van der Waals surface area contributed by atoms with E-state index in [4.69, 9.17) is 4.74 Å². The number of ether oxygens (including phenoxy) is 1. The van der Waals surface area contributed by atoms with Crippen molar-refractivity contribution >= 4 is 16.9 Å². The highest BCUT2D eigenvalue weighted by molar-refractivity contribution is 5.83. The molecule has 4 rings (SSSR count). The molecule has 1 aromatic carbocycles. The Morgan fingerprint density at radius 2 is 2.03 bits per heavy atom. The molecule has 2 aromatic rings. The number of nitrogens with zero attached hydrogens (tertiary/aromatic N) is 2. The van der Waals surface area contributed by atoms with Crippen LogP contribution in [0.5, 0.6) is 5.75 Å². The van der Waals surface area contributed by atoms with Crippen LogP contribution in [0.25, 0.3) is 10.9 Å². The highest BCUT2D eigenvalue weighted by Crippen LogP contribution is 2.37. The Labute approximate surface area is 196 Å². The predicted octanol–water partition coefficient (Wildman–Crippen LogP) is 6.03. The summed E-state index contributed by atoms with van der Waals surface area (Å²) >= 11 is 0. The van der Waals surface area contributed by atoms with Crippen molar-refractivity contribution in [3.63, 3.8) is 0 Å². The van der Waals surface area contributed by atoms with Crippen molar-refractivity contribution in [1.29, 1.82) is 0 Å². The summed E-state index contributed by atoms with van der Waals surface area (Å²) in [6.07, 6.45) is 9.11. The summed E-state index contributed by atoms with van der Waals surface area (Å²) in [7, 11) is 1.61. The number of hydrogen-bond donors (Lipinski definition) is 1. The van der Waals surface area contributed by atoms with Gasteiger partial charge >= 0.3 is 5.97 Å². The summed E-state index contributed by atoms with van der Waals surface area (Å²) in [5.74, 6) is 1.48. The summed E-state index contributed by atoms with van der Waals surface area (Å²) in [5.41, 5.74) is 1.44. The number of piperidine rings is 1. The lowest BCUT2D eigenvalue weighted by Gasteiger charge is -2.40. The number of aliphatic carboxylic acids is 1. The van der Waals surface area contributed by atoms with Crippen molar-refractivity contribution in [3.8, 4) is 5.75 Å². The van der Waals surface area contributed by atoms with Crippen molar-refractivity contribution < 1.29 is 19.0 Å². The first-order chi connectivity index (χ1) is 16.0. The molecule has 1 saturated heterocycles. The molecule has 0 bridgehead atoms. The molecule has 180 valence electrons. The molecule has 3 atom stereocenters. The number of carboxylic acids is 1. The molecule has 0 amide bonds. The van der Waals surface area contributed by atoms with Crippen LogP contribution in [-0.2, 0) is 4.79 Å². The van der Waals surface area contributed by atoms with Crippen LogP contribution in [0.15, 0.2) is 30.5 Å². The topological polar surface area (TPSA) is 62.7 Å². The number of likely N-dealkylation sites (tertiary alicyclic amines) is 1. The van der Waals surface area contributed by atoms with Crippen LogP contribution in [0.2, 0.25) is 0 Å². The summed E-state index contributed by atoms with van der Waals surface area (Å²) < 4.78 is 20.8. The van der Waals surface area contributed by atoms with Gasteiger partial charge in [0.05, 0.1) is 12.6 Å². The Bertz CT molecular complexity index is 931. The van der Waals surface area contributed by atoms with Gasteiger partial charge in [0, 0.05) is 31.1 Å². The highest BCUT2D eigenvalue weighted by atomic mass is 19.1. The van der Waals surface area contributed by atoms with E-state index in [2.05, 4.69) is 9.88 Å². The molecule has 1 aliphatic heterocycles. The monoisotopic (exact) mass is 456 g/mol. The van der Waals surface area contributed by atoms with E-state index in [1.165, 1.54) is 25.7 Å². The van der Waals surface area contributed by atoms with Gasteiger partial charge in [-0.05, 0) is 92.7 Å². The average Bonchev–Trinajstić information content (AvgIpc) is 3.34. The number of carbonyl (C=O) groups is 1. The third-order valence-corrected chi connectivity index (χ3v) is 7.81. The molecule has 1 aromatic heterocycles. The first-order valence-electron chi connectivity index (χ1n) is 12.5. The number of methoxy groups -OCH3 is 1. The first-order valence-corrected chi connectivity index (χ1v) is 12.5. The Kier molecular flexibility index (Phi) is 8.18. The van der Waals surface area contributed by atoms with Crippen LogP contribution >= 0.6 is 0 Å². The Morgan fingerprint density at radius 1 is 1.21 bits per heavy atom. The summed E-state index contributed by atoms with van der Waals surface area (Å²) in [6.45, 7) is 3.16. The SMILES string of the molecule is COc1ccc2nccc([C@H](F)CC[C@@H]3CCN(CC4CCCC4)C[C@H]3CCC(=O)O)c2c1. The molecular weight excluding hydrogens is 419 g/mol. The third kappa shape index (κ3) is 6.23. The van der Waals surface area contributed by atoms with E-state index < -0.39 is 12.1 Å². The standard InChI is InChI=1S/C27H37FN2O3/c1-33-22-8-10-26-24(16-22)23(12-14-29-26)25(28)9-6-20-13-15-30(17-19-4-2-3-5-19)18-21(20)7-11-27(31)32/h8,10,12,14,16,19-21,25H,2-7,9,11,13,15,17-18H2,1H3,(H,31,32)/t20-,21-,25-/m1/s1. The zero-order valence-corrected chi connectivity index (χ0v) is 19.7. The van der Waals surface area contributed by atoms with Crippen LogP contribution in [0.1, 0.15) is 69.5 Å². The van der Waals surface area contributed by atoms with E-state index in [1.54, 1.807) is 19.4 Å². The van der Waals surface area contributed by atoms with Crippen LogP contribution in [-0.4, -0.2) is 47.7 Å². The molecular formula is C27H37FN2O3. The summed E-state index contributed by atoms with van der Waals surface area (Å²) in [5, 5.41) is 10.1. The van der Waals surface area contributed by atoms with E-state index in [-0.39, 0.29) is 6.42 Å². The smallest absolute Gasteiger partial charge is 0.303 e. The Hall–Kier alpha value is -2.21. The van der Waals surface area contributed by atoms with Gasteiger partial charge in [-0.15, -0.1) is 0 Å². The molecule has 0 radical (unpaired) electrons. The van der Waals surface area contributed by atoms with Crippen LogP contribution in [0.4, 0.5) is 4.39 Å². The average molecular weight is 457 g/mol. The van der Waals surface area contributed by atoms with Crippen molar-refractivity contribution in [3.05, 3.63) is 36.0 Å². The maximum atomic E-state index is 15.5. The van der Waals surface area contributed by atoms with E-state index in [9.17, 15) is 9.90 Å². The Balaban J connectivity index is 1.40. The minimum Gasteiger partial charge on any atom is -0.497 e. The van der Waals surface area contributed by atoms with Crippen molar-refractivity contribution in [2.24, 2.45) is 17.8 Å². The van der Waals surface area contributed by atoms with Gasteiger partial charge in [-0.1, -0.05) is 12.8 Å².